The van der Waals surface area contributed by atoms with Gasteiger partial charge in [-0.15, -0.1) is 0 Å². The van der Waals surface area contributed by atoms with E-state index in [9.17, 15) is 9.59 Å². The molecule has 3 aromatic carbocycles. The SMILES string of the molecule is CN(C)c1ccc(NC(=O)c2cccc(COc3ccccc3C(N)=O)c2)cc1Cl. The second-order valence-corrected chi connectivity index (χ2v) is 7.27. The number of nitrogens with two attached hydrogens (primary N) is 1. The van der Waals surface area contributed by atoms with Gasteiger partial charge in [0, 0.05) is 25.3 Å². The molecule has 0 heterocycles. The van der Waals surface area contributed by atoms with Crippen molar-refractivity contribution in [3.05, 3.63) is 88.4 Å². The first kappa shape index (κ1) is 21.2. The van der Waals surface area contributed by atoms with Gasteiger partial charge in [0.15, 0.2) is 0 Å². The molecule has 3 rings (SSSR count). The van der Waals surface area contributed by atoms with Crippen LogP contribution < -0.4 is 20.7 Å². The third-order valence-electron chi connectivity index (χ3n) is 4.42. The number of ether oxygens (including phenoxy) is 1. The molecule has 0 bridgehead atoms. The molecular formula is C23H22ClN3O3. The van der Waals surface area contributed by atoms with Crippen molar-refractivity contribution >= 4 is 34.8 Å². The van der Waals surface area contributed by atoms with Crippen molar-refractivity contribution in [2.45, 2.75) is 6.61 Å². The van der Waals surface area contributed by atoms with Crippen molar-refractivity contribution in [2.75, 3.05) is 24.3 Å². The maximum Gasteiger partial charge on any atom is 0.255 e. The Morgan fingerprint density at radius 3 is 2.50 bits per heavy atom. The summed E-state index contributed by atoms with van der Waals surface area (Å²) in [7, 11) is 3.80. The molecule has 0 saturated heterocycles. The summed E-state index contributed by atoms with van der Waals surface area (Å²) in [5, 5.41) is 3.40. The Labute approximate surface area is 180 Å². The molecule has 6 nitrogen and oxygen atoms in total. The van der Waals surface area contributed by atoms with Crippen LogP contribution in [0.1, 0.15) is 26.3 Å². The van der Waals surface area contributed by atoms with E-state index >= 15 is 0 Å². The molecule has 0 unspecified atom stereocenters. The Morgan fingerprint density at radius 1 is 1.03 bits per heavy atom. The van der Waals surface area contributed by atoms with Crippen LogP contribution in [-0.4, -0.2) is 25.9 Å². The van der Waals surface area contributed by atoms with Crippen LogP contribution in [0.3, 0.4) is 0 Å². The number of nitrogens with one attached hydrogen (secondary N) is 1. The fourth-order valence-corrected chi connectivity index (χ4v) is 3.26. The second-order valence-electron chi connectivity index (χ2n) is 6.86. The number of para-hydroxylation sites is 1. The summed E-state index contributed by atoms with van der Waals surface area (Å²) in [5.74, 6) is -0.420. The van der Waals surface area contributed by atoms with Gasteiger partial charge in [0.25, 0.3) is 11.8 Å². The summed E-state index contributed by atoms with van der Waals surface area (Å²) in [6.07, 6.45) is 0. The molecule has 0 aliphatic rings. The van der Waals surface area contributed by atoms with Gasteiger partial charge in [-0.3, -0.25) is 9.59 Å². The van der Waals surface area contributed by atoms with E-state index in [4.69, 9.17) is 22.1 Å². The Hall–Kier alpha value is -3.51. The summed E-state index contributed by atoms with van der Waals surface area (Å²) in [4.78, 5) is 26.1. The fourth-order valence-electron chi connectivity index (χ4n) is 2.91. The van der Waals surface area contributed by atoms with Crippen LogP contribution in [0.5, 0.6) is 5.75 Å². The first-order chi connectivity index (χ1) is 14.3. The topological polar surface area (TPSA) is 84.7 Å². The number of benzene rings is 3. The first-order valence-corrected chi connectivity index (χ1v) is 9.62. The van der Waals surface area contributed by atoms with E-state index in [0.717, 1.165) is 11.3 Å². The van der Waals surface area contributed by atoms with Gasteiger partial charge in [-0.25, -0.2) is 0 Å². The molecule has 0 aliphatic carbocycles. The second kappa shape index (κ2) is 9.33. The molecule has 3 aromatic rings. The zero-order valence-electron chi connectivity index (χ0n) is 16.7. The molecule has 154 valence electrons. The average Bonchev–Trinajstić information content (AvgIpc) is 2.72. The summed E-state index contributed by atoms with van der Waals surface area (Å²) in [6, 6.07) is 19.2. The number of rotatable bonds is 7. The van der Waals surface area contributed by atoms with E-state index in [-0.39, 0.29) is 12.5 Å². The quantitative estimate of drug-likeness (QED) is 0.592. The molecule has 0 atom stereocenters. The molecule has 2 amide bonds. The Kier molecular flexibility index (Phi) is 6.59. The van der Waals surface area contributed by atoms with Crippen molar-refractivity contribution in [1.82, 2.24) is 0 Å². The molecule has 0 fully saturated rings. The standard InChI is InChI=1S/C23H22ClN3O3/c1-27(2)20-11-10-17(13-19(20)24)26-23(29)16-7-5-6-15(12-16)14-30-21-9-4-3-8-18(21)22(25)28/h3-13H,14H2,1-2H3,(H2,25,28)(H,26,29). The number of anilines is 2. The lowest BCUT2D eigenvalue weighted by molar-refractivity contribution is 0.0994. The lowest BCUT2D eigenvalue weighted by atomic mass is 10.1. The van der Waals surface area contributed by atoms with Crippen molar-refractivity contribution in [2.24, 2.45) is 5.73 Å². The van der Waals surface area contributed by atoms with Gasteiger partial charge in [0.05, 0.1) is 16.3 Å². The number of primary amides is 1. The van der Waals surface area contributed by atoms with Gasteiger partial charge in [-0.2, -0.15) is 0 Å². The Morgan fingerprint density at radius 2 is 1.80 bits per heavy atom. The molecule has 0 spiro atoms. The highest BCUT2D eigenvalue weighted by Gasteiger charge is 2.11. The number of amides is 2. The first-order valence-electron chi connectivity index (χ1n) is 9.24. The van der Waals surface area contributed by atoms with Crippen LogP contribution in [0.4, 0.5) is 11.4 Å². The third kappa shape index (κ3) is 5.10. The van der Waals surface area contributed by atoms with Crippen molar-refractivity contribution < 1.29 is 14.3 Å². The highest BCUT2D eigenvalue weighted by Crippen LogP contribution is 2.27. The third-order valence-corrected chi connectivity index (χ3v) is 4.73. The molecule has 0 aliphatic heterocycles. The largest absolute Gasteiger partial charge is 0.488 e. The number of halogens is 1. The van der Waals surface area contributed by atoms with Gasteiger partial charge >= 0.3 is 0 Å². The molecule has 30 heavy (non-hydrogen) atoms. The lowest BCUT2D eigenvalue weighted by Crippen LogP contribution is -2.14. The summed E-state index contributed by atoms with van der Waals surface area (Å²) >= 11 is 6.27. The summed E-state index contributed by atoms with van der Waals surface area (Å²) in [6.45, 7) is 0.189. The maximum atomic E-state index is 12.6. The number of hydrogen-bond acceptors (Lipinski definition) is 4. The van der Waals surface area contributed by atoms with E-state index in [1.54, 1.807) is 54.6 Å². The minimum atomic E-state index is -0.558. The zero-order valence-corrected chi connectivity index (χ0v) is 17.4. The maximum absolute atomic E-state index is 12.6. The average molecular weight is 424 g/mol. The molecule has 0 saturated carbocycles. The molecule has 3 N–H and O–H groups in total. The summed E-state index contributed by atoms with van der Waals surface area (Å²) in [5.41, 5.74) is 8.41. The predicted molar refractivity (Wildman–Crippen MR) is 119 cm³/mol. The molecule has 0 aromatic heterocycles. The highest BCUT2D eigenvalue weighted by atomic mass is 35.5. The monoisotopic (exact) mass is 423 g/mol. The highest BCUT2D eigenvalue weighted by molar-refractivity contribution is 6.33. The normalized spacial score (nSPS) is 10.4. The van der Waals surface area contributed by atoms with Crippen molar-refractivity contribution in [3.8, 4) is 5.75 Å². The van der Waals surface area contributed by atoms with E-state index in [1.165, 1.54) is 0 Å². The van der Waals surface area contributed by atoms with Crippen molar-refractivity contribution in [3.63, 3.8) is 0 Å². The molecular weight excluding hydrogens is 402 g/mol. The van der Waals surface area contributed by atoms with Crippen LogP contribution >= 0.6 is 11.6 Å². The van der Waals surface area contributed by atoms with E-state index in [0.29, 0.717) is 27.6 Å². The number of nitrogens with zero attached hydrogens (tertiary/aromatic N) is 1. The van der Waals surface area contributed by atoms with Gasteiger partial charge in [0.2, 0.25) is 0 Å². The Bertz CT molecular complexity index is 1080. The van der Waals surface area contributed by atoms with E-state index in [2.05, 4.69) is 5.32 Å². The van der Waals surface area contributed by atoms with Gasteiger partial charge in [0.1, 0.15) is 12.4 Å². The minimum Gasteiger partial charge on any atom is -0.488 e. The smallest absolute Gasteiger partial charge is 0.255 e. The lowest BCUT2D eigenvalue weighted by Gasteiger charge is -2.15. The van der Waals surface area contributed by atoms with Gasteiger partial charge < -0.3 is 20.7 Å². The predicted octanol–water partition coefficient (Wildman–Crippen LogP) is 4.34. The van der Waals surface area contributed by atoms with E-state index < -0.39 is 5.91 Å². The molecule has 0 radical (unpaired) electrons. The summed E-state index contributed by atoms with van der Waals surface area (Å²) < 4.78 is 5.73. The molecule has 7 heteroatoms. The van der Waals surface area contributed by atoms with Crippen LogP contribution in [-0.2, 0) is 6.61 Å². The van der Waals surface area contributed by atoms with Crippen molar-refractivity contribution in [1.29, 1.82) is 0 Å². The fraction of sp³-hybridized carbons (Fsp3) is 0.130. The van der Waals surface area contributed by atoms with Crippen LogP contribution in [0, 0.1) is 0 Å². The minimum absolute atomic E-state index is 0.189. The van der Waals surface area contributed by atoms with Crippen LogP contribution in [0.15, 0.2) is 66.7 Å². The van der Waals surface area contributed by atoms with Crippen LogP contribution in [0.25, 0.3) is 0 Å². The van der Waals surface area contributed by atoms with Gasteiger partial charge in [-0.1, -0.05) is 35.9 Å². The number of carbonyl (C=O) groups excluding carboxylic acids is 2. The van der Waals surface area contributed by atoms with E-state index in [1.807, 2.05) is 31.1 Å². The number of hydrogen-bond donors (Lipinski definition) is 2. The number of carbonyl (C=O) groups is 2. The van der Waals surface area contributed by atoms with Crippen LogP contribution in [0.2, 0.25) is 5.02 Å². The van der Waals surface area contributed by atoms with Gasteiger partial charge in [-0.05, 0) is 48.0 Å². The zero-order chi connectivity index (χ0) is 21.7. The Balaban J connectivity index is 1.70.